The summed E-state index contributed by atoms with van der Waals surface area (Å²) in [4.78, 5) is 24.1. The van der Waals surface area contributed by atoms with Gasteiger partial charge in [0, 0.05) is 26.2 Å². The molecule has 1 saturated heterocycles. The normalized spacial score (nSPS) is 19.7. The lowest BCUT2D eigenvalue weighted by Gasteiger charge is -2.31. The first-order valence-electron chi connectivity index (χ1n) is 9.87. The number of hydrogen-bond acceptors (Lipinski definition) is 6. The van der Waals surface area contributed by atoms with Crippen LogP contribution in [0.5, 0.6) is 11.5 Å². The second kappa shape index (κ2) is 8.19. The number of nitrogens with one attached hydrogen (secondary N) is 2. The Morgan fingerprint density at radius 3 is 2.41 bits per heavy atom. The Balaban J connectivity index is 1.17. The van der Waals surface area contributed by atoms with E-state index in [2.05, 4.69) is 10.6 Å². The summed E-state index contributed by atoms with van der Waals surface area (Å²) in [6.07, 6.45) is 2.90. The molecule has 158 valence electrons. The van der Waals surface area contributed by atoms with Crippen LogP contribution in [0.15, 0.2) is 18.2 Å². The molecule has 1 aromatic carbocycles. The summed E-state index contributed by atoms with van der Waals surface area (Å²) in [5.41, 5.74) is 0.805. The largest absolute Gasteiger partial charge is 0.454 e. The van der Waals surface area contributed by atoms with Gasteiger partial charge in [-0.15, -0.1) is 0 Å². The predicted octanol–water partition coefficient (Wildman–Crippen LogP) is 0.352. The first-order valence-corrected chi connectivity index (χ1v) is 11.4. The van der Waals surface area contributed by atoms with Crippen LogP contribution in [0, 0.1) is 5.92 Å². The van der Waals surface area contributed by atoms with E-state index in [0.29, 0.717) is 44.0 Å². The number of nitrogens with zero attached hydrogens (tertiary/aromatic N) is 1. The van der Waals surface area contributed by atoms with Crippen LogP contribution in [-0.2, 0) is 26.2 Å². The molecule has 2 fully saturated rings. The number of benzene rings is 1. The minimum absolute atomic E-state index is 0.172. The summed E-state index contributed by atoms with van der Waals surface area (Å²) in [5, 5.41) is 5.06. The molecule has 3 aliphatic rings. The fourth-order valence-electron chi connectivity index (χ4n) is 3.58. The number of ether oxygens (including phenoxy) is 2. The number of sulfonamides is 1. The van der Waals surface area contributed by atoms with Gasteiger partial charge in [0.25, 0.3) is 0 Å². The highest BCUT2D eigenvalue weighted by Crippen LogP contribution is 2.33. The monoisotopic (exact) mass is 423 g/mol. The van der Waals surface area contributed by atoms with Gasteiger partial charge in [0.2, 0.25) is 16.8 Å². The van der Waals surface area contributed by atoms with Crippen molar-refractivity contribution in [2.45, 2.75) is 37.5 Å². The Hall–Kier alpha value is -2.33. The van der Waals surface area contributed by atoms with E-state index in [-0.39, 0.29) is 24.5 Å². The van der Waals surface area contributed by atoms with E-state index in [1.807, 2.05) is 0 Å². The van der Waals surface area contributed by atoms with Crippen molar-refractivity contribution in [3.05, 3.63) is 23.8 Å². The lowest BCUT2D eigenvalue weighted by molar-refractivity contribution is -0.139. The van der Waals surface area contributed by atoms with Crippen molar-refractivity contribution >= 4 is 21.8 Å². The van der Waals surface area contributed by atoms with Gasteiger partial charge in [-0.2, -0.15) is 0 Å². The van der Waals surface area contributed by atoms with Gasteiger partial charge in [-0.1, -0.05) is 6.07 Å². The molecule has 2 heterocycles. The van der Waals surface area contributed by atoms with E-state index in [0.717, 1.165) is 18.4 Å². The predicted molar refractivity (Wildman–Crippen MR) is 104 cm³/mol. The molecule has 0 spiro atoms. The molecule has 0 aromatic heterocycles. The van der Waals surface area contributed by atoms with Crippen LogP contribution in [0.2, 0.25) is 0 Å². The topological polar surface area (TPSA) is 114 Å². The van der Waals surface area contributed by atoms with Gasteiger partial charge >= 0.3 is 11.8 Å². The van der Waals surface area contributed by atoms with Gasteiger partial charge in [-0.25, -0.2) is 12.7 Å². The van der Waals surface area contributed by atoms with E-state index in [9.17, 15) is 18.0 Å². The van der Waals surface area contributed by atoms with Gasteiger partial charge < -0.3 is 20.1 Å². The molecule has 2 N–H and O–H groups in total. The van der Waals surface area contributed by atoms with Crippen molar-refractivity contribution in [3.8, 4) is 11.5 Å². The molecule has 29 heavy (non-hydrogen) atoms. The molecule has 2 amide bonds. The summed E-state index contributed by atoms with van der Waals surface area (Å²) in [6.45, 7) is 1.72. The van der Waals surface area contributed by atoms with Crippen LogP contribution >= 0.6 is 0 Å². The van der Waals surface area contributed by atoms with E-state index in [1.165, 1.54) is 0 Å². The zero-order valence-corrected chi connectivity index (χ0v) is 16.9. The number of carbonyl (C=O) groups excluding carboxylic acids is 2. The van der Waals surface area contributed by atoms with Crippen molar-refractivity contribution in [2.75, 3.05) is 26.4 Å². The van der Waals surface area contributed by atoms with Gasteiger partial charge in [0.05, 0.1) is 5.25 Å². The second-order valence-electron chi connectivity index (χ2n) is 7.67. The lowest BCUT2D eigenvalue weighted by atomic mass is 9.98. The molecule has 0 bridgehead atoms. The summed E-state index contributed by atoms with van der Waals surface area (Å²) < 4.78 is 36.6. The molecule has 1 aliphatic carbocycles. The highest BCUT2D eigenvalue weighted by Gasteiger charge is 2.41. The fourth-order valence-corrected chi connectivity index (χ4v) is 5.45. The van der Waals surface area contributed by atoms with Gasteiger partial charge in [0.15, 0.2) is 11.5 Å². The number of carbonyl (C=O) groups is 2. The van der Waals surface area contributed by atoms with Crippen LogP contribution in [0.25, 0.3) is 0 Å². The third kappa shape index (κ3) is 4.64. The van der Waals surface area contributed by atoms with Crippen LogP contribution in [-0.4, -0.2) is 56.2 Å². The summed E-state index contributed by atoms with van der Waals surface area (Å²) in [6, 6.07) is 5.33. The maximum atomic E-state index is 12.2. The third-order valence-electron chi connectivity index (χ3n) is 5.53. The zero-order valence-electron chi connectivity index (χ0n) is 16.1. The van der Waals surface area contributed by atoms with Crippen molar-refractivity contribution in [1.29, 1.82) is 0 Å². The van der Waals surface area contributed by atoms with E-state index in [4.69, 9.17) is 9.47 Å². The highest BCUT2D eigenvalue weighted by molar-refractivity contribution is 7.90. The van der Waals surface area contributed by atoms with Gasteiger partial charge in [-0.05, 0) is 49.3 Å². The molecule has 9 nitrogen and oxygen atoms in total. The second-order valence-corrected chi connectivity index (χ2v) is 9.88. The number of amides is 2. The summed E-state index contributed by atoms with van der Waals surface area (Å²) in [7, 11) is -3.13. The first kappa shape index (κ1) is 20.0. The van der Waals surface area contributed by atoms with E-state index in [1.54, 1.807) is 22.5 Å². The number of hydrogen-bond donors (Lipinski definition) is 2. The quantitative estimate of drug-likeness (QED) is 0.639. The van der Waals surface area contributed by atoms with Crippen molar-refractivity contribution < 1.29 is 27.5 Å². The summed E-state index contributed by atoms with van der Waals surface area (Å²) >= 11 is 0. The molecule has 0 unspecified atom stereocenters. The summed E-state index contributed by atoms with van der Waals surface area (Å²) in [5.74, 6) is 0.0755. The van der Waals surface area contributed by atoms with Crippen LogP contribution in [0.3, 0.4) is 0 Å². The molecule has 0 atom stereocenters. The average molecular weight is 423 g/mol. The smallest absolute Gasteiger partial charge is 0.309 e. The maximum Gasteiger partial charge on any atom is 0.309 e. The molecule has 1 aromatic rings. The molecular weight excluding hydrogens is 398 g/mol. The van der Waals surface area contributed by atoms with Crippen molar-refractivity contribution in [2.24, 2.45) is 5.92 Å². The standard InChI is InChI=1S/C19H25N3O6S/c23-18(19(24)21-11-14-1-4-16-17(9-14)28-12-27-16)20-10-13-5-7-22(8-6-13)29(25,26)15-2-3-15/h1,4,9,13,15H,2-3,5-8,10-12H2,(H,20,23)(H,21,24). The molecular formula is C19H25N3O6S. The number of rotatable bonds is 6. The molecule has 1 saturated carbocycles. The van der Waals surface area contributed by atoms with Crippen molar-refractivity contribution in [1.82, 2.24) is 14.9 Å². The molecule has 0 radical (unpaired) electrons. The Morgan fingerprint density at radius 2 is 1.69 bits per heavy atom. The Bertz CT molecular complexity index is 891. The fraction of sp³-hybridized carbons (Fsp3) is 0.579. The van der Waals surface area contributed by atoms with E-state index < -0.39 is 21.8 Å². The Kier molecular flexibility index (Phi) is 5.64. The average Bonchev–Trinajstić information content (AvgIpc) is 3.49. The van der Waals surface area contributed by atoms with Crippen LogP contribution in [0.1, 0.15) is 31.2 Å². The van der Waals surface area contributed by atoms with Gasteiger partial charge in [0.1, 0.15) is 0 Å². The molecule has 2 aliphatic heterocycles. The lowest BCUT2D eigenvalue weighted by Crippen LogP contribution is -2.45. The van der Waals surface area contributed by atoms with Gasteiger partial charge in [-0.3, -0.25) is 9.59 Å². The first-order chi connectivity index (χ1) is 13.9. The molecule has 4 rings (SSSR count). The highest BCUT2D eigenvalue weighted by atomic mass is 32.2. The minimum Gasteiger partial charge on any atom is -0.454 e. The Morgan fingerprint density at radius 1 is 1.00 bits per heavy atom. The van der Waals surface area contributed by atoms with Crippen LogP contribution < -0.4 is 20.1 Å². The number of fused-ring (bicyclic) bond motifs is 1. The SMILES string of the molecule is O=C(NCc1ccc2c(c1)OCO2)C(=O)NCC1CCN(S(=O)(=O)C2CC2)CC1. The number of piperidine rings is 1. The van der Waals surface area contributed by atoms with Crippen LogP contribution in [0.4, 0.5) is 0 Å². The Labute approximate surface area is 169 Å². The van der Waals surface area contributed by atoms with Crippen molar-refractivity contribution in [3.63, 3.8) is 0 Å². The minimum atomic E-state index is -3.13. The maximum absolute atomic E-state index is 12.2. The third-order valence-corrected chi connectivity index (χ3v) is 7.93. The zero-order chi connectivity index (χ0) is 20.4. The molecule has 10 heteroatoms. The van der Waals surface area contributed by atoms with E-state index >= 15 is 0 Å².